The fourth-order valence-electron chi connectivity index (χ4n) is 2.24. The Hall–Kier alpha value is -1.35. The molecule has 3 heteroatoms. The van der Waals surface area contributed by atoms with Crippen LogP contribution in [0.25, 0.3) is 0 Å². The fourth-order valence-corrected chi connectivity index (χ4v) is 2.24. The topological polar surface area (TPSA) is 41.1 Å². The van der Waals surface area contributed by atoms with Gasteiger partial charge in [-0.1, -0.05) is 37.3 Å². The second-order valence-corrected chi connectivity index (χ2v) is 4.77. The second kappa shape index (κ2) is 5.82. The van der Waals surface area contributed by atoms with E-state index in [1.54, 1.807) is 0 Å². The van der Waals surface area contributed by atoms with E-state index >= 15 is 0 Å². The molecular formula is C14H20N2O. The number of carbonyl (C=O) groups excluding carboxylic acids is 1. The van der Waals surface area contributed by atoms with Crippen LogP contribution in [0.5, 0.6) is 0 Å². The number of carbonyl (C=O) groups is 1. The van der Waals surface area contributed by atoms with Crippen molar-refractivity contribution in [1.29, 1.82) is 0 Å². The maximum Gasteiger partial charge on any atom is 0.220 e. The monoisotopic (exact) mass is 232 g/mol. The first-order chi connectivity index (χ1) is 8.25. The van der Waals surface area contributed by atoms with Crippen LogP contribution in [0, 0.1) is 0 Å². The van der Waals surface area contributed by atoms with Crippen molar-refractivity contribution in [2.75, 3.05) is 13.1 Å². The lowest BCUT2D eigenvalue weighted by molar-refractivity contribution is -0.122. The predicted octanol–water partition coefficient (Wildman–Crippen LogP) is 1.66. The van der Waals surface area contributed by atoms with Gasteiger partial charge in [0.2, 0.25) is 5.91 Å². The Morgan fingerprint density at radius 2 is 2.24 bits per heavy atom. The fraction of sp³-hybridized carbons (Fsp3) is 0.500. The molecule has 1 heterocycles. The minimum atomic E-state index is 0.162. The average Bonchev–Trinajstić information content (AvgIpc) is 2.82. The van der Waals surface area contributed by atoms with Gasteiger partial charge in [-0.25, -0.2) is 0 Å². The van der Waals surface area contributed by atoms with Gasteiger partial charge < -0.3 is 10.6 Å². The first-order valence-electron chi connectivity index (χ1n) is 6.30. The number of hydrogen-bond acceptors (Lipinski definition) is 2. The molecular weight excluding hydrogens is 212 g/mol. The molecule has 2 N–H and O–H groups in total. The van der Waals surface area contributed by atoms with Crippen molar-refractivity contribution < 1.29 is 4.79 Å². The Morgan fingerprint density at radius 3 is 2.88 bits per heavy atom. The van der Waals surface area contributed by atoms with Gasteiger partial charge in [0.15, 0.2) is 0 Å². The quantitative estimate of drug-likeness (QED) is 0.829. The zero-order chi connectivity index (χ0) is 12.1. The molecule has 1 amide bonds. The van der Waals surface area contributed by atoms with Gasteiger partial charge in [-0.2, -0.15) is 0 Å². The SMILES string of the molecule is CC(CC(=O)NC1CCNC1)c1ccccc1. The minimum absolute atomic E-state index is 0.162. The highest BCUT2D eigenvalue weighted by Crippen LogP contribution is 2.18. The Bertz CT molecular complexity index is 358. The Balaban J connectivity index is 1.81. The molecule has 0 spiro atoms. The van der Waals surface area contributed by atoms with Crippen molar-refractivity contribution in [1.82, 2.24) is 10.6 Å². The van der Waals surface area contributed by atoms with Crippen molar-refractivity contribution >= 4 is 5.91 Å². The van der Waals surface area contributed by atoms with Crippen LogP contribution in [-0.4, -0.2) is 25.0 Å². The molecule has 0 saturated carbocycles. The molecule has 1 fully saturated rings. The molecule has 2 atom stereocenters. The van der Waals surface area contributed by atoms with E-state index < -0.39 is 0 Å². The summed E-state index contributed by atoms with van der Waals surface area (Å²) in [5.74, 6) is 0.445. The van der Waals surface area contributed by atoms with E-state index in [-0.39, 0.29) is 11.8 Å². The summed E-state index contributed by atoms with van der Waals surface area (Å²) < 4.78 is 0. The average molecular weight is 232 g/mol. The van der Waals surface area contributed by atoms with Gasteiger partial charge in [0.1, 0.15) is 0 Å². The second-order valence-electron chi connectivity index (χ2n) is 4.77. The Labute approximate surface area is 103 Å². The Kier molecular flexibility index (Phi) is 4.15. The van der Waals surface area contributed by atoms with Crippen LogP contribution >= 0.6 is 0 Å². The summed E-state index contributed by atoms with van der Waals surface area (Å²) in [7, 11) is 0. The molecule has 0 radical (unpaired) electrons. The van der Waals surface area contributed by atoms with Crippen LogP contribution < -0.4 is 10.6 Å². The van der Waals surface area contributed by atoms with Gasteiger partial charge in [0.25, 0.3) is 0 Å². The molecule has 1 aromatic carbocycles. The summed E-state index contributed by atoms with van der Waals surface area (Å²) in [6.45, 7) is 4.02. The molecule has 0 aliphatic carbocycles. The summed E-state index contributed by atoms with van der Waals surface area (Å²) in [6, 6.07) is 10.5. The maximum absolute atomic E-state index is 11.8. The lowest BCUT2D eigenvalue weighted by atomic mass is 9.97. The molecule has 2 unspecified atom stereocenters. The van der Waals surface area contributed by atoms with E-state index in [1.807, 2.05) is 18.2 Å². The van der Waals surface area contributed by atoms with Gasteiger partial charge >= 0.3 is 0 Å². The smallest absolute Gasteiger partial charge is 0.220 e. The van der Waals surface area contributed by atoms with E-state index in [1.165, 1.54) is 5.56 Å². The van der Waals surface area contributed by atoms with Crippen LogP contribution in [0.1, 0.15) is 31.2 Å². The third kappa shape index (κ3) is 3.56. The Morgan fingerprint density at radius 1 is 1.47 bits per heavy atom. The van der Waals surface area contributed by atoms with Crippen molar-refractivity contribution in [2.24, 2.45) is 0 Å². The summed E-state index contributed by atoms with van der Waals surface area (Å²) in [6.07, 6.45) is 1.62. The van der Waals surface area contributed by atoms with Crippen LogP contribution in [0.4, 0.5) is 0 Å². The van der Waals surface area contributed by atoms with Crippen molar-refractivity contribution in [2.45, 2.75) is 31.7 Å². The van der Waals surface area contributed by atoms with Gasteiger partial charge in [0.05, 0.1) is 0 Å². The molecule has 3 nitrogen and oxygen atoms in total. The van der Waals surface area contributed by atoms with Gasteiger partial charge in [-0.15, -0.1) is 0 Å². The largest absolute Gasteiger partial charge is 0.352 e. The molecule has 1 aromatic rings. The summed E-state index contributed by atoms with van der Waals surface area (Å²) in [5.41, 5.74) is 1.23. The molecule has 1 aliphatic heterocycles. The van der Waals surface area contributed by atoms with E-state index in [0.29, 0.717) is 12.5 Å². The zero-order valence-electron chi connectivity index (χ0n) is 10.3. The highest BCUT2D eigenvalue weighted by Gasteiger charge is 2.18. The first kappa shape index (κ1) is 12.1. The lowest BCUT2D eigenvalue weighted by Gasteiger charge is -2.15. The predicted molar refractivity (Wildman–Crippen MR) is 68.9 cm³/mol. The van der Waals surface area contributed by atoms with Crippen molar-refractivity contribution in [3.05, 3.63) is 35.9 Å². The normalized spacial score (nSPS) is 21.1. The molecule has 17 heavy (non-hydrogen) atoms. The number of rotatable bonds is 4. The van der Waals surface area contributed by atoms with E-state index in [9.17, 15) is 4.79 Å². The van der Waals surface area contributed by atoms with E-state index in [0.717, 1.165) is 19.5 Å². The number of amides is 1. The molecule has 92 valence electrons. The standard InChI is InChI=1S/C14H20N2O/c1-11(12-5-3-2-4-6-12)9-14(17)16-13-7-8-15-10-13/h2-6,11,13,15H,7-10H2,1H3,(H,16,17). The highest BCUT2D eigenvalue weighted by molar-refractivity contribution is 5.77. The van der Waals surface area contributed by atoms with E-state index in [4.69, 9.17) is 0 Å². The summed E-state index contributed by atoms with van der Waals surface area (Å²) in [4.78, 5) is 11.8. The highest BCUT2D eigenvalue weighted by atomic mass is 16.1. The van der Waals surface area contributed by atoms with Crippen LogP contribution in [0.15, 0.2) is 30.3 Å². The van der Waals surface area contributed by atoms with Crippen molar-refractivity contribution in [3.8, 4) is 0 Å². The lowest BCUT2D eigenvalue weighted by Crippen LogP contribution is -2.36. The number of nitrogens with one attached hydrogen (secondary N) is 2. The summed E-state index contributed by atoms with van der Waals surface area (Å²) >= 11 is 0. The molecule has 2 rings (SSSR count). The summed E-state index contributed by atoms with van der Waals surface area (Å²) in [5, 5.41) is 6.33. The number of hydrogen-bond donors (Lipinski definition) is 2. The molecule has 0 bridgehead atoms. The van der Waals surface area contributed by atoms with Gasteiger partial charge in [-0.05, 0) is 24.4 Å². The van der Waals surface area contributed by atoms with Crippen LogP contribution in [0.2, 0.25) is 0 Å². The maximum atomic E-state index is 11.8. The minimum Gasteiger partial charge on any atom is -0.352 e. The third-order valence-electron chi connectivity index (χ3n) is 3.29. The van der Waals surface area contributed by atoms with Crippen molar-refractivity contribution in [3.63, 3.8) is 0 Å². The van der Waals surface area contributed by atoms with Crippen LogP contribution in [-0.2, 0) is 4.79 Å². The van der Waals surface area contributed by atoms with Gasteiger partial charge in [-0.3, -0.25) is 4.79 Å². The zero-order valence-corrected chi connectivity index (χ0v) is 10.3. The molecule has 1 saturated heterocycles. The number of benzene rings is 1. The molecule has 0 aromatic heterocycles. The molecule has 1 aliphatic rings. The first-order valence-corrected chi connectivity index (χ1v) is 6.30. The third-order valence-corrected chi connectivity index (χ3v) is 3.29. The van der Waals surface area contributed by atoms with Gasteiger partial charge in [0, 0.05) is 19.0 Å². The van der Waals surface area contributed by atoms with Crippen LogP contribution in [0.3, 0.4) is 0 Å². The van der Waals surface area contributed by atoms with E-state index in [2.05, 4.69) is 29.7 Å².